The summed E-state index contributed by atoms with van der Waals surface area (Å²) in [6.07, 6.45) is 0.0322. The molecule has 0 radical (unpaired) electrons. The molecule has 0 fully saturated rings. The molecule has 0 saturated heterocycles. The Morgan fingerprint density at radius 1 is 1.06 bits per heavy atom. The van der Waals surface area contributed by atoms with E-state index in [1.165, 1.54) is 0 Å². The number of carbonyl (C=O) groups excluding carboxylic acids is 1. The smallest absolute Gasteiger partial charge is 0.257 e. The number of benzene rings is 3. The van der Waals surface area contributed by atoms with Crippen LogP contribution in [-0.4, -0.2) is 22.1 Å². The van der Waals surface area contributed by atoms with Crippen LogP contribution in [0, 0.1) is 6.92 Å². The zero-order valence-corrected chi connectivity index (χ0v) is 19.6. The van der Waals surface area contributed by atoms with E-state index in [1.54, 1.807) is 29.5 Å². The second-order valence-corrected chi connectivity index (χ2v) is 9.06. The summed E-state index contributed by atoms with van der Waals surface area (Å²) in [6, 6.07) is 21.2. The number of aryl methyl sites for hydroxylation is 1. The SMILES string of the molecule is Cc1cc(-c2nc3ccccc3s2)ccc1NC(=S)NC(=O)c1cccc(OC(C)C)c1. The van der Waals surface area contributed by atoms with Crippen LogP contribution >= 0.6 is 23.6 Å². The number of ether oxygens (including phenoxy) is 1. The van der Waals surface area contributed by atoms with Crippen LogP contribution < -0.4 is 15.4 Å². The molecule has 4 aromatic rings. The Morgan fingerprint density at radius 2 is 1.88 bits per heavy atom. The maximum Gasteiger partial charge on any atom is 0.257 e. The molecule has 0 aliphatic heterocycles. The van der Waals surface area contributed by atoms with Gasteiger partial charge in [0.1, 0.15) is 10.8 Å². The fraction of sp³-hybridized carbons (Fsp3) is 0.160. The van der Waals surface area contributed by atoms with Crippen molar-refractivity contribution in [2.45, 2.75) is 26.9 Å². The van der Waals surface area contributed by atoms with Crippen LogP contribution in [0.15, 0.2) is 66.7 Å². The van der Waals surface area contributed by atoms with Gasteiger partial charge in [0.25, 0.3) is 5.91 Å². The van der Waals surface area contributed by atoms with Crippen LogP contribution in [0.2, 0.25) is 0 Å². The van der Waals surface area contributed by atoms with E-state index in [0.29, 0.717) is 11.3 Å². The second kappa shape index (κ2) is 9.46. The Morgan fingerprint density at radius 3 is 2.62 bits per heavy atom. The highest BCUT2D eigenvalue weighted by Gasteiger charge is 2.12. The average molecular weight is 462 g/mol. The molecule has 0 spiro atoms. The highest BCUT2D eigenvalue weighted by Crippen LogP contribution is 2.31. The van der Waals surface area contributed by atoms with Crippen LogP contribution in [0.3, 0.4) is 0 Å². The van der Waals surface area contributed by atoms with Crippen molar-refractivity contribution in [3.63, 3.8) is 0 Å². The lowest BCUT2D eigenvalue weighted by atomic mass is 10.1. The first-order chi connectivity index (χ1) is 15.4. The minimum Gasteiger partial charge on any atom is -0.491 e. The van der Waals surface area contributed by atoms with Gasteiger partial charge >= 0.3 is 0 Å². The number of nitrogens with one attached hydrogen (secondary N) is 2. The molecule has 32 heavy (non-hydrogen) atoms. The van der Waals surface area contributed by atoms with Crippen LogP contribution in [0.25, 0.3) is 20.8 Å². The van der Waals surface area contributed by atoms with Crippen molar-refractivity contribution in [3.8, 4) is 16.3 Å². The molecule has 0 aliphatic rings. The minimum atomic E-state index is -0.291. The second-order valence-electron chi connectivity index (χ2n) is 7.62. The van der Waals surface area contributed by atoms with Crippen LogP contribution in [0.4, 0.5) is 5.69 Å². The maximum absolute atomic E-state index is 12.6. The van der Waals surface area contributed by atoms with Gasteiger partial charge in [0.15, 0.2) is 5.11 Å². The Hall–Kier alpha value is -3.29. The molecule has 0 aliphatic carbocycles. The van der Waals surface area contributed by atoms with Gasteiger partial charge in [0, 0.05) is 16.8 Å². The van der Waals surface area contributed by atoms with Gasteiger partial charge in [0.05, 0.1) is 16.3 Å². The molecule has 1 heterocycles. The Balaban J connectivity index is 1.43. The first-order valence-electron chi connectivity index (χ1n) is 10.2. The predicted octanol–water partition coefficient (Wildman–Crippen LogP) is 6.19. The lowest BCUT2D eigenvalue weighted by molar-refractivity contribution is 0.0977. The van der Waals surface area contributed by atoms with Gasteiger partial charge in [-0.2, -0.15) is 0 Å². The maximum atomic E-state index is 12.6. The van der Waals surface area contributed by atoms with E-state index in [1.807, 2.05) is 57.2 Å². The first-order valence-corrected chi connectivity index (χ1v) is 11.5. The van der Waals surface area contributed by atoms with E-state index in [2.05, 4.69) is 22.8 Å². The standard InChI is InChI=1S/C25H23N3O2S2/c1-15(2)30-19-8-6-7-17(14-19)23(29)28-25(31)27-20-12-11-18(13-16(20)3)24-26-21-9-4-5-10-22(21)32-24/h4-15H,1-3H3,(H2,27,28,29,31). The third kappa shape index (κ3) is 5.12. The van der Waals surface area contributed by atoms with Gasteiger partial charge < -0.3 is 10.1 Å². The number of hydrogen-bond acceptors (Lipinski definition) is 5. The number of amides is 1. The van der Waals surface area contributed by atoms with E-state index in [-0.39, 0.29) is 17.1 Å². The van der Waals surface area contributed by atoms with E-state index in [4.69, 9.17) is 21.9 Å². The number of thiocarbonyl (C=S) groups is 1. The Bertz CT molecular complexity index is 1260. The number of carbonyl (C=O) groups is 1. The van der Waals surface area contributed by atoms with Crippen LogP contribution in [0.1, 0.15) is 29.8 Å². The van der Waals surface area contributed by atoms with Crippen molar-refractivity contribution in [2.24, 2.45) is 0 Å². The van der Waals surface area contributed by atoms with E-state index >= 15 is 0 Å². The minimum absolute atomic E-state index is 0.0322. The monoisotopic (exact) mass is 461 g/mol. The quantitative estimate of drug-likeness (QED) is 0.347. The number of hydrogen-bond donors (Lipinski definition) is 2. The summed E-state index contributed by atoms with van der Waals surface area (Å²) in [6.45, 7) is 5.88. The van der Waals surface area contributed by atoms with Gasteiger partial charge in [-0.25, -0.2) is 4.98 Å². The predicted molar refractivity (Wildman–Crippen MR) is 136 cm³/mol. The van der Waals surface area contributed by atoms with Crippen molar-refractivity contribution in [1.82, 2.24) is 10.3 Å². The molecule has 1 amide bonds. The number of fused-ring (bicyclic) bond motifs is 1. The number of thiazole rings is 1. The van der Waals surface area contributed by atoms with Crippen LogP contribution in [-0.2, 0) is 0 Å². The molecule has 4 rings (SSSR count). The fourth-order valence-corrected chi connectivity index (χ4v) is 4.41. The van der Waals surface area contributed by atoms with E-state index in [9.17, 15) is 4.79 Å². The van der Waals surface area contributed by atoms with Gasteiger partial charge in [-0.15, -0.1) is 11.3 Å². The topological polar surface area (TPSA) is 63.2 Å². The zero-order chi connectivity index (χ0) is 22.7. The van der Waals surface area contributed by atoms with Crippen molar-refractivity contribution in [2.75, 3.05) is 5.32 Å². The zero-order valence-electron chi connectivity index (χ0n) is 18.0. The summed E-state index contributed by atoms with van der Waals surface area (Å²) in [7, 11) is 0. The summed E-state index contributed by atoms with van der Waals surface area (Å²) in [4.78, 5) is 17.3. The molecule has 0 atom stereocenters. The molecule has 0 unspecified atom stereocenters. The average Bonchev–Trinajstić information content (AvgIpc) is 3.19. The largest absolute Gasteiger partial charge is 0.491 e. The summed E-state index contributed by atoms with van der Waals surface area (Å²) >= 11 is 7.02. The number of rotatable bonds is 5. The highest BCUT2D eigenvalue weighted by atomic mass is 32.1. The van der Waals surface area contributed by atoms with Crippen molar-refractivity contribution in [3.05, 3.63) is 77.9 Å². The first kappa shape index (κ1) is 21.9. The third-order valence-corrected chi connectivity index (χ3v) is 6.00. The number of nitrogens with zero attached hydrogens (tertiary/aromatic N) is 1. The molecular weight excluding hydrogens is 438 g/mol. The summed E-state index contributed by atoms with van der Waals surface area (Å²) in [5, 5.41) is 7.06. The summed E-state index contributed by atoms with van der Waals surface area (Å²) in [5.41, 5.74) is 4.36. The molecule has 1 aromatic heterocycles. The fourth-order valence-electron chi connectivity index (χ4n) is 3.24. The molecule has 0 bridgehead atoms. The van der Waals surface area contributed by atoms with E-state index in [0.717, 1.165) is 32.0 Å². The summed E-state index contributed by atoms with van der Waals surface area (Å²) < 4.78 is 6.82. The van der Waals surface area contributed by atoms with Gasteiger partial charge in [-0.05, 0) is 87.1 Å². The molecule has 3 aromatic carbocycles. The highest BCUT2D eigenvalue weighted by molar-refractivity contribution is 7.80. The van der Waals surface area contributed by atoms with Crippen molar-refractivity contribution < 1.29 is 9.53 Å². The number of para-hydroxylation sites is 1. The normalized spacial score (nSPS) is 10.9. The van der Waals surface area contributed by atoms with Gasteiger partial charge in [-0.3, -0.25) is 10.1 Å². The molecule has 162 valence electrons. The molecular formula is C25H23N3O2S2. The number of aromatic nitrogens is 1. The van der Waals surface area contributed by atoms with Crippen LogP contribution in [0.5, 0.6) is 5.75 Å². The molecule has 5 nitrogen and oxygen atoms in total. The molecule has 7 heteroatoms. The Labute approximate surface area is 196 Å². The molecule has 2 N–H and O–H groups in total. The van der Waals surface area contributed by atoms with Gasteiger partial charge in [0.2, 0.25) is 0 Å². The lowest BCUT2D eigenvalue weighted by Crippen LogP contribution is -2.34. The van der Waals surface area contributed by atoms with Gasteiger partial charge in [-0.1, -0.05) is 18.2 Å². The number of anilines is 1. The third-order valence-electron chi connectivity index (χ3n) is 4.71. The van der Waals surface area contributed by atoms with E-state index < -0.39 is 0 Å². The summed E-state index contributed by atoms with van der Waals surface area (Å²) in [5.74, 6) is 0.355. The Kier molecular flexibility index (Phi) is 6.48. The van der Waals surface area contributed by atoms with Crippen molar-refractivity contribution in [1.29, 1.82) is 0 Å². The lowest BCUT2D eigenvalue weighted by Gasteiger charge is -2.13. The van der Waals surface area contributed by atoms with Crippen molar-refractivity contribution >= 4 is 50.5 Å². The molecule has 0 saturated carbocycles.